The van der Waals surface area contributed by atoms with Crippen molar-refractivity contribution in [2.45, 2.75) is 26.9 Å². The first kappa shape index (κ1) is 20.5. The summed E-state index contributed by atoms with van der Waals surface area (Å²) in [6.45, 7) is 5.04. The minimum absolute atomic E-state index is 0.0644. The van der Waals surface area contributed by atoms with Crippen LogP contribution in [0, 0.1) is 36.0 Å². The zero-order chi connectivity index (χ0) is 16.5. The van der Waals surface area contributed by atoms with Crippen LogP contribution in [0.15, 0.2) is 0 Å². The normalized spacial score (nSPS) is 8.71. The molecular weight excluding hydrogens is 276 g/mol. The van der Waals surface area contributed by atoms with Crippen LogP contribution < -0.4 is 0 Å². The maximum Gasteiger partial charge on any atom is 0.510 e. The van der Waals surface area contributed by atoms with Crippen LogP contribution in [0.5, 0.6) is 0 Å². The van der Waals surface area contributed by atoms with Gasteiger partial charge < -0.3 is 18.9 Å². The molecule has 6 nitrogen and oxygen atoms in total. The minimum atomic E-state index is -0.750. The molecule has 114 valence electrons. The van der Waals surface area contributed by atoms with Crippen LogP contribution in [0.2, 0.25) is 0 Å². The van der Waals surface area contributed by atoms with E-state index < -0.39 is 18.4 Å². The molecule has 0 amide bonds. The largest absolute Gasteiger partial charge is 0.510 e. The highest BCUT2D eigenvalue weighted by Gasteiger charge is 2.03. The molecule has 0 bridgehead atoms. The zero-order valence-corrected chi connectivity index (χ0v) is 12.5. The molecule has 0 radical (unpaired) electrons. The van der Waals surface area contributed by atoms with Crippen LogP contribution in [-0.2, 0) is 18.9 Å². The zero-order valence-electron chi connectivity index (χ0n) is 12.5. The summed E-state index contributed by atoms with van der Waals surface area (Å²) in [5, 5.41) is 0. The quantitative estimate of drug-likeness (QED) is 0.585. The van der Waals surface area contributed by atoms with Crippen molar-refractivity contribution in [2.75, 3.05) is 20.3 Å². The topological polar surface area (TPSA) is 71.1 Å². The molecular formula is C15H18O6. The summed E-state index contributed by atoms with van der Waals surface area (Å²) in [5.74, 6) is 12.5. The lowest BCUT2D eigenvalue weighted by atomic mass is 10.4. The lowest BCUT2D eigenvalue weighted by Crippen LogP contribution is -2.12. The molecule has 0 saturated heterocycles. The molecule has 0 fully saturated rings. The van der Waals surface area contributed by atoms with E-state index in [1.807, 2.05) is 0 Å². The Labute approximate surface area is 125 Å². The maximum atomic E-state index is 10.6. The highest BCUT2D eigenvalue weighted by molar-refractivity contribution is 5.60. The van der Waals surface area contributed by atoms with Gasteiger partial charge in [-0.3, -0.25) is 0 Å². The molecule has 0 heterocycles. The molecule has 0 rings (SSSR count). The summed E-state index contributed by atoms with van der Waals surface area (Å²) >= 11 is 0. The summed E-state index contributed by atoms with van der Waals surface area (Å²) < 4.78 is 17.7. The van der Waals surface area contributed by atoms with Gasteiger partial charge in [-0.05, 0) is 20.8 Å². The molecule has 21 heavy (non-hydrogen) atoms. The molecule has 6 heteroatoms. The van der Waals surface area contributed by atoms with Crippen molar-refractivity contribution in [3.63, 3.8) is 0 Å². The Balaban J connectivity index is 0. The molecule has 0 aromatic carbocycles. The van der Waals surface area contributed by atoms with Crippen molar-refractivity contribution in [3.8, 4) is 36.0 Å². The van der Waals surface area contributed by atoms with Gasteiger partial charge in [-0.25, -0.2) is 9.59 Å². The molecule has 0 aliphatic rings. The third-order valence-corrected chi connectivity index (χ3v) is 1.55. The molecule has 0 aliphatic carbocycles. The summed E-state index contributed by atoms with van der Waals surface area (Å²) in [6, 6.07) is 0. The number of methoxy groups -OCH3 is 1. The van der Waals surface area contributed by atoms with Crippen molar-refractivity contribution in [1.82, 2.24) is 0 Å². The number of carbonyl (C=O) groups excluding carboxylic acids is 2. The van der Waals surface area contributed by atoms with Crippen LogP contribution in [-0.4, -0.2) is 38.7 Å². The lowest BCUT2D eigenvalue weighted by Gasteiger charge is -2.03. The van der Waals surface area contributed by atoms with E-state index in [1.54, 1.807) is 20.8 Å². The van der Waals surface area contributed by atoms with Gasteiger partial charge >= 0.3 is 12.3 Å². The first-order valence-corrected chi connectivity index (χ1v) is 5.81. The number of carbonyl (C=O) groups is 2. The fraction of sp³-hybridized carbons (Fsp3) is 0.467. The average Bonchev–Trinajstić information content (AvgIpc) is 2.48. The number of terminal acetylenes is 1. The van der Waals surface area contributed by atoms with Crippen LogP contribution in [0.25, 0.3) is 0 Å². The van der Waals surface area contributed by atoms with Crippen molar-refractivity contribution in [2.24, 2.45) is 0 Å². The highest BCUT2D eigenvalue weighted by atomic mass is 16.7. The van der Waals surface area contributed by atoms with Crippen molar-refractivity contribution < 1.29 is 28.5 Å². The minimum Gasteiger partial charge on any atom is -0.438 e. The van der Waals surface area contributed by atoms with E-state index in [2.05, 4.69) is 48.5 Å². The van der Waals surface area contributed by atoms with E-state index in [0.717, 1.165) is 0 Å². The van der Waals surface area contributed by atoms with Crippen LogP contribution in [0.1, 0.15) is 20.8 Å². The van der Waals surface area contributed by atoms with Crippen molar-refractivity contribution >= 4 is 12.3 Å². The molecule has 0 aliphatic heterocycles. The van der Waals surface area contributed by atoms with Gasteiger partial charge in [-0.15, -0.1) is 18.3 Å². The van der Waals surface area contributed by atoms with E-state index >= 15 is 0 Å². The first-order valence-electron chi connectivity index (χ1n) is 5.81. The van der Waals surface area contributed by atoms with E-state index in [1.165, 1.54) is 7.11 Å². The second kappa shape index (κ2) is 15.3. The van der Waals surface area contributed by atoms with Crippen molar-refractivity contribution in [3.05, 3.63) is 0 Å². The number of rotatable bonds is 3. The van der Waals surface area contributed by atoms with Gasteiger partial charge in [0.15, 0.2) is 19.3 Å². The Morgan fingerprint density at radius 3 is 1.86 bits per heavy atom. The lowest BCUT2D eigenvalue weighted by molar-refractivity contribution is 0.0604. The van der Waals surface area contributed by atoms with Crippen LogP contribution in [0.3, 0.4) is 0 Å². The SMILES string of the molecule is C#CC(C)OC(=O)OC.CC#CCOC(=O)OCC#CC. The Morgan fingerprint density at radius 2 is 1.52 bits per heavy atom. The van der Waals surface area contributed by atoms with E-state index in [0.29, 0.717) is 0 Å². The van der Waals surface area contributed by atoms with E-state index in [9.17, 15) is 9.59 Å². The molecule has 1 unspecified atom stereocenters. The fourth-order valence-electron chi connectivity index (χ4n) is 0.602. The fourth-order valence-corrected chi connectivity index (χ4v) is 0.602. The molecule has 0 spiro atoms. The third kappa shape index (κ3) is 17.2. The third-order valence-electron chi connectivity index (χ3n) is 1.55. The summed E-state index contributed by atoms with van der Waals surface area (Å²) in [5.41, 5.74) is 0. The first-order chi connectivity index (χ1) is 10.0. The number of hydrogen-bond acceptors (Lipinski definition) is 6. The van der Waals surface area contributed by atoms with E-state index in [-0.39, 0.29) is 13.2 Å². The maximum absolute atomic E-state index is 10.6. The molecule has 0 aromatic rings. The Morgan fingerprint density at radius 1 is 1.05 bits per heavy atom. The second-order valence-corrected chi connectivity index (χ2v) is 3.06. The van der Waals surface area contributed by atoms with Gasteiger partial charge in [0.05, 0.1) is 7.11 Å². The van der Waals surface area contributed by atoms with Gasteiger partial charge in [0.25, 0.3) is 0 Å². The van der Waals surface area contributed by atoms with Gasteiger partial charge in [-0.2, -0.15) is 0 Å². The smallest absolute Gasteiger partial charge is 0.438 e. The van der Waals surface area contributed by atoms with E-state index in [4.69, 9.17) is 6.42 Å². The predicted molar refractivity (Wildman–Crippen MR) is 76.0 cm³/mol. The Bertz CT molecular complexity index is 440. The molecule has 0 aromatic heterocycles. The second-order valence-electron chi connectivity index (χ2n) is 3.06. The standard InChI is InChI=1S/C9H10O3.C6H8O3/c1-3-5-7-11-9(10)12-8-6-4-2;1-4-5(2)9-6(7)8-3/h7-8H2,1-2H3;1,5H,2-3H3. The van der Waals surface area contributed by atoms with Gasteiger partial charge in [-0.1, -0.05) is 17.8 Å². The summed E-state index contributed by atoms with van der Waals surface area (Å²) in [7, 11) is 1.23. The van der Waals surface area contributed by atoms with Crippen LogP contribution >= 0.6 is 0 Å². The molecule has 0 N–H and O–H groups in total. The average molecular weight is 294 g/mol. The summed E-state index contributed by atoms with van der Waals surface area (Å²) in [6.07, 6.45) is 2.89. The molecule has 1 atom stereocenters. The molecule has 0 saturated carbocycles. The Kier molecular flexibility index (Phi) is 14.9. The van der Waals surface area contributed by atoms with Gasteiger partial charge in [0.1, 0.15) is 0 Å². The number of ether oxygens (including phenoxy) is 4. The van der Waals surface area contributed by atoms with Gasteiger partial charge in [0.2, 0.25) is 0 Å². The number of hydrogen-bond donors (Lipinski definition) is 0. The highest BCUT2D eigenvalue weighted by Crippen LogP contribution is 1.89. The summed E-state index contributed by atoms with van der Waals surface area (Å²) in [4.78, 5) is 20.9. The van der Waals surface area contributed by atoms with Crippen molar-refractivity contribution in [1.29, 1.82) is 0 Å². The monoisotopic (exact) mass is 294 g/mol. The van der Waals surface area contributed by atoms with Crippen LogP contribution in [0.4, 0.5) is 9.59 Å². The van der Waals surface area contributed by atoms with Gasteiger partial charge in [0, 0.05) is 0 Å². The Hall–Kier alpha value is -2.78. The predicted octanol–water partition coefficient (Wildman–Crippen LogP) is 1.98.